The van der Waals surface area contributed by atoms with Gasteiger partial charge in [0.2, 0.25) is 11.9 Å². The van der Waals surface area contributed by atoms with E-state index in [2.05, 4.69) is 39.1 Å². The first kappa shape index (κ1) is 12.8. The van der Waals surface area contributed by atoms with E-state index in [1.165, 1.54) is 0 Å². The molecule has 0 fully saturated rings. The monoisotopic (exact) mass is 264 g/mol. The molecule has 0 radical (unpaired) electrons. The molecule has 18 heavy (non-hydrogen) atoms. The topological polar surface area (TPSA) is 68.5 Å². The summed E-state index contributed by atoms with van der Waals surface area (Å²) in [6.45, 7) is 5.03. The highest BCUT2D eigenvalue weighted by Gasteiger charge is 2.07. The molecule has 0 unspecified atom stereocenters. The van der Waals surface area contributed by atoms with Crippen LogP contribution in [-0.2, 0) is 0 Å². The normalized spacial score (nSPS) is 10.6. The molecule has 0 aliphatic rings. The van der Waals surface area contributed by atoms with E-state index in [0.717, 1.165) is 23.9 Å². The zero-order valence-electron chi connectivity index (χ0n) is 10.5. The van der Waals surface area contributed by atoms with Crippen molar-refractivity contribution in [1.29, 1.82) is 0 Å². The summed E-state index contributed by atoms with van der Waals surface area (Å²) in [4.78, 5) is 17.1. The van der Waals surface area contributed by atoms with Crippen LogP contribution in [0.3, 0.4) is 0 Å². The third-order valence-corrected chi connectivity index (χ3v) is 2.87. The Hall–Kier alpha value is -1.63. The van der Waals surface area contributed by atoms with Crippen molar-refractivity contribution < 1.29 is 0 Å². The van der Waals surface area contributed by atoms with E-state index < -0.39 is 0 Å². The molecule has 0 aliphatic carbocycles. The molecule has 2 aromatic rings. The molecule has 0 saturated carbocycles. The van der Waals surface area contributed by atoms with Gasteiger partial charge < -0.3 is 5.32 Å². The molecule has 7 heteroatoms. The Bertz CT molecular complexity index is 484. The SMILES string of the molecule is CCCNc1nc(SCC)nc(-n2ccnc2)n1. The molecule has 2 rings (SSSR count). The maximum Gasteiger partial charge on any atom is 0.240 e. The molecule has 1 N–H and O–H groups in total. The zero-order valence-corrected chi connectivity index (χ0v) is 11.3. The number of hydrogen-bond donors (Lipinski definition) is 1. The quantitative estimate of drug-likeness (QED) is 0.805. The van der Waals surface area contributed by atoms with Gasteiger partial charge in [0.15, 0.2) is 5.16 Å². The van der Waals surface area contributed by atoms with Gasteiger partial charge in [-0.3, -0.25) is 4.57 Å². The van der Waals surface area contributed by atoms with E-state index in [-0.39, 0.29) is 0 Å². The summed E-state index contributed by atoms with van der Waals surface area (Å²) in [5.41, 5.74) is 0. The first-order valence-corrected chi connectivity index (χ1v) is 6.93. The van der Waals surface area contributed by atoms with Gasteiger partial charge in [0.1, 0.15) is 6.33 Å². The van der Waals surface area contributed by atoms with Gasteiger partial charge in [-0.25, -0.2) is 4.98 Å². The standard InChI is InChI=1S/C11H16N6S/c1-3-5-13-9-14-10(17-7-6-12-8-17)16-11(15-9)18-4-2/h6-8H,3-5H2,1-2H3,(H,13,14,15,16). The Morgan fingerprint density at radius 3 is 2.83 bits per heavy atom. The minimum atomic E-state index is 0.594. The van der Waals surface area contributed by atoms with Crippen LogP contribution in [-0.4, -0.2) is 36.8 Å². The number of anilines is 1. The second-order valence-corrected chi connectivity index (χ2v) is 4.80. The molecular weight excluding hydrogens is 248 g/mol. The predicted octanol–water partition coefficient (Wildman–Crippen LogP) is 1.99. The maximum atomic E-state index is 4.40. The zero-order chi connectivity index (χ0) is 12.8. The lowest BCUT2D eigenvalue weighted by Gasteiger charge is -2.07. The van der Waals surface area contributed by atoms with Gasteiger partial charge in [-0.15, -0.1) is 0 Å². The maximum absolute atomic E-state index is 4.40. The Morgan fingerprint density at radius 1 is 1.28 bits per heavy atom. The van der Waals surface area contributed by atoms with Gasteiger partial charge in [-0.2, -0.15) is 15.0 Å². The molecule has 0 spiro atoms. The van der Waals surface area contributed by atoms with Crippen molar-refractivity contribution in [3.8, 4) is 5.95 Å². The molecule has 0 amide bonds. The first-order valence-electron chi connectivity index (χ1n) is 5.94. The Balaban J connectivity index is 2.30. The van der Waals surface area contributed by atoms with Crippen molar-refractivity contribution in [3.05, 3.63) is 18.7 Å². The summed E-state index contributed by atoms with van der Waals surface area (Å²) < 4.78 is 1.78. The van der Waals surface area contributed by atoms with Crippen LogP contribution in [0.25, 0.3) is 5.95 Å². The van der Waals surface area contributed by atoms with E-state index >= 15 is 0 Å². The number of nitrogens with zero attached hydrogens (tertiary/aromatic N) is 5. The lowest BCUT2D eigenvalue weighted by atomic mass is 10.5. The fourth-order valence-corrected chi connectivity index (χ4v) is 1.90. The fourth-order valence-electron chi connectivity index (χ4n) is 1.35. The van der Waals surface area contributed by atoms with Crippen LogP contribution in [0.4, 0.5) is 5.95 Å². The van der Waals surface area contributed by atoms with Crippen LogP contribution >= 0.6 is 11.8 Å². The van der Waals surface area contributed by atoms with Gasteiger partial charge in [-0.1, -0.05) is 25.6 Å². The Kier molecular flexibility index (Phi) is 4.52. The number of thioether (sulfide) groups is 1. The van der Waals surface area contributed by atoms with E-state index in [1.807, 2.05) is 6.20 Å². The highest BCUT2D eigenvalue weighted by atomic mass is 32.2. The summed E-state index contributed by atoms with van der Waals surface area (Å²) >= 11 is 1.60. The molecular formula is C11H16N6S. The van der Waals surface area contributed by atoms with Crippen molar-refractivity contribution in [2.75, 3.05) is 17.6 Å². The van der Waals surface area contributed by atoms with Crippen molar-refractivity contribution in [3.63, 3.8) is 0 Å². The number of hydrogen-bond acceptors (Lipinski definition) is 6. The van der Waals surface area contributed by atoms with Crippen molar-refractivity contribution in [1.82, 2.24) is 24.5 Å². The molecule has 2 heterocycles. The Labute approximate surface area is 110 Å². The lowest BCUT2D eigenvalue weighted by molar-refractivity contribution is 0.817. The second kappa shape index (κ2) is 6.34. The Morgan fingerprint density at radius 2 is 2.17 bits per heavy atom. The number of rotatable bonds is 6. The van der Waals surface area contributed by atoms with Gasteiger partial charge in [0.25, 0.3) is 0 Å². The molecule has 2 aromatic heterocycles. The average Bonchev–Trinajstić information content (AvgIpc) is 2.90. The molecule has 6 nitrogen and oxygen atoms in total. The number of imidazole rings is 1. The van der Waals surface area contributed by atoms with Crippen LogP contribution in [0.5, 0.6) is 0 Å². The summed E-state index contributed by atoms with van der Waals surface area (Å²) in [5.74, 6) is 2.14. The van der Waals surface area contributed by atoms with Gasteiger partial charge >= 0.3 is 0 Å². The van der Waals surface area contributed by atoms with Crippen LogP contribution in [0.15, 0.2) is 23.9 Å². The molecule has 0 aliphatic heterocycles. The van der Waals surface area contributed by atoms with Crippen LogP contribution < -0.4 is 5.32 Å². The number of aromatic nitrogens is 5. The minimum Gasteiger partial charge on any atom is -0.354 e. The third kappa shape index (κ3) is 3.19. The fraction of sp³-hybridized carbons (Fsp3) is 0.455. The van der Waals surface area contributed by atoms with Crippen LogP contribution in [0.2, 0.25) is 0 Å². The highest BCUT2D eigenvalue weighted by Crippen LogP contribution is 2.15. The summed E-state index contributed by atoms with van der Waals surface area (Å²) in [6, 6.07) is 0. The molecule has 96 valence electrons. The van der Waals surface area contributed by atoms with E-state index in [0.29, 0.717) is 11.9 Å². The van der Waals surface area contributed by atoms with Crippen LogP contribution in [0.1, 0.15) is 20.3 Å². The van der Waals surface area contributed by atoms with Crippen molar-refractivity contribution in [2.24, 2.45) is 0 Å². The van der Waals surface area contributed by atoms with E-state index in [4.69, 9.17) is 0 Å². The predicted molar refractivity (Wildman–Crippen MR) is 72.1 cm³/mol. The molecule has 0 bridgehead atoms. The van der Waals surface area contributed by atoms with Crippen molar-refractivity contribution >= 4 is 17.7 Å². The summed E-state index contributed by atoms with van der Waals surface area (Å²) in [6.07, 6.45) is 6.23. The molecule has 0 aromatic carbocycles. The van der Waals surface area contributed by atoms with Gasteiger partial charge in [0.05, 0.1) is 0 Å². The molecule has 0 saturated heterocycles. The number of nitrogens with one attached hydrogen (secondary N) is 1. The summed E-state index contributed by atoms with van der Waals surface area (Å²) in [7, 11) is 0. The van der Waals surface area contributed by atoms with Gasteiger partial charge in [0, 0.05) is 18.9 Å². The minimum absolute atomic E-state index is 0.594. The van der Waals surface area contributed by atoms with Crippen LogP contribution in [0, 0.1) is 0 Å². The highest BCUT2D eigenvalue weighted by molar-refractivity contribution is 7.99. The smallest absolute Gasteiger partial charge is 0.240 e. The summed E-state index contributed by atoms with van der Waals surface area (Å²) in [5, 5.41) is 3.92. The largest absolute Gasteiger partial charge is 0.354 e. The first-order chi connectivity index (χ1) is 8.83. The molecule has 0 atom stereocenters. The van der Waals surface area contributed by atoms with Crippen molar-refractivity contribution in [2.45, 2.75) is 25.4 Å². The second-order valence-electron chi connectivity index (χ2n) is 3.57. The van der Waals surface area contributed by atoms with E-state index in [1.54, 1.807) is 28.9 Å². The lowest BCUT2D eigenvalue weighted by Crippen LogP contribution is -2.09. The van der Waals surface area contributed by atoms with E-state index in [9.17, 15) is 0 Å². The van der Waals surface area contributed by atoms with Gasteiger partial charge in [-0.05, 0) is 12.2 Å². The average molecular weight is 264 g/mol. The third-order valence-electron chi connectivity index (χ3n) is 2.14.